The van der Waals surface area contributed by atoms with Crippen LogP contribution in [-0.2, 0) is 11.2 Å². The maximum absolute atomic E-state index is 14.3. The van der Waals surface area contributed by atoms with Gasteiger partial charge in [0, 0.05) is 42.7 Å². The molecule has 1 saturated carbocycles. The van der Waals surface area contributed by atoms with Crippen LogP contribution in [0.1, 0.15) is 68.5 Å². The first-order valence-corrected chi connectivity index (χ1v) is 14.6. The molecule has 3 N–H and O–H groups in total. The maximum Gasteiger partial charge on any atom is 0.405 e. The Morgan fingerprint density at radius 1 is 1.12 bits per heavy atom. The second kappa shape index (κ2) is 11.8. The Bertz CT molecular complexity index is 1420. The number of hydrogen-bond acceptors (Lipinski definition) is 5. The predicted octanol–water partition coefficient (Wildman–Crippen LogP) is 5.48. The molecule has 2 heterocycles. The molecular weight excluding hydrogens is 540 g/mol. The highest BCUT2D eigenvalue weighted by atomic mass is 19.1. The zero-order chi connectivity index (χ0) is 30.1. The number of ether oxygens (including phenoxy) is 1. The molecule has 5 rings (SSSR count). The number of piperazine rings is 1. The van der Waals surface area contributed by atoms with Crippen molar-refractivity contribution in [3.8, 4) is 11.3 Å². The highest BCUT2D eigenvalue weighted by Crippen LogP contribution is 2.52. The summed E-state index contributed by atoms with van der Waals surface area (Å²) in [5.41, 5.74) is 6.48. The summed E-state index contributed by atoms with van der Waals surface area (Å²) in [5, 5.41) is 3.30. The fourth-order valence-corrected chi connectivity index (χ4v) is 6.80. The topological polar surface area (TPSA) is 102 Å². The number of carbonyl (C=O) groups excluding carboxylic acids is 2. The number of nitrogens with one attached hydrogen (secondary N) is 1. The van der Waals surface area contributed by atoms with Crippen molar-refractivity contribution in [3.63, 3.8) is 0 Å². The van der Waals surface area contributed by atoms with Crippen molar-refractivity contribution >= 4 is 12.0 Å². The molecule has 3 aromatic rings. The zero-order valence-corrected chi connectivity index (χ0v) is 24.4. The number of halogens is 2. The summed E-state index contributed by atoms with van der Waals surface area (Å²) in [6.07, 6.45) is 4.29. The molecule has 2 aliphatic rings. The van der Waals surface area contributed by atoms with Gasteiger partial charge in [0.2, 0.25) is 0 Å². The number of benzene rings is 2. The number of aromatic nitrogens is 2. The van der Waals surface area contributed by atoms with Crippen LogP contribution >= 0.6 is 0 Å². The van der Waals surface area contributed by atoms with Crippen LogP contribution in [-0.4, -0.2) is 57.7 Å². The minimum absolute atomic E-state index is 0.260. The van der Waals surface area contributed by atoms with Crippen LogP contribution in [0.3, 0.4) is 0 Å². The highest BCUT2D eigenvalue weighted by Gasteiger charge is 2.54. The van der Waals surface area contributed by atoms with Crippen LogP contribution in [0.25, 0.3) is 11.3 Å². The lowest BCUT2D eigenvalue weighted by atomic mass is 9.65. The second-order valence-electron chi connectivity index (χ2n) is 12.4. The van der Waals surface area contributed by atoms with E-state index in [0.717, 1.165) is 30.9 Å². The van der Waals surface area contributed by atoms with Crippen LogP contribution in [0.4, 0.5) is 13.6 Å². The third kappa shape index (κ3) is 5.77. The lowest BCUT2D eigenvalue weighted by molar-refractivity contribution is -0.122. The third-order valence-corrected chi connectivity index (χ3v) is 8.75. The second-order valence-corrected chi connectivity index (χ2v) is 12.4. The first kappa shape index (κ1) is 29.7. The smallest absolute Gasteiger partial charge is 0.405 e. The van der Waals surface area contributed by atoms with Crippen LogP contribution < -0.4 is 11.1 Å². The molecule has 3 atom stereocenters. The van der Waals surface area contributed by atoms with Gasteiger partial charge < -0.3 is 25.3 Å². The average molecular weight is 580 g/mol. The van der Waals surface area contributed by atoms with Crippen molar-refractivity contribution in [3.05, 3.63) is 77.8 Å². The molecule has 0 spiro atoms. The van der Waals surface area contributed by atoms with Gasteiger partial charge >= 0.3 is 6.09 Å². The highest BCUT2D eigenvalue weighted by molar-refractivity contribution is 5.98. The summed E-state index contributed by atoms with van der Waals surface area (Å²) in [6.45, 7) is 7.61. The van der Waals surface area contributed by atoms with Gasteiger partial charge in [-0.2, -0.15) is 0 Å². The number of hydrogen-bond donors (Lipinski definition) is 2. The number of nitrogens with zero attached hydrogens (tertiary/aromatic N) is 3. The van der Waals surface area contributed by atoms with Crippen LogP contribution in [0.5, 0.6) is 0 Å². The molecule has 42 heavy (non-hydrogen) atoms. The van der Waals surface area contributed by atoms with Gasteiger partial charge in [-0.1, -0.05) is 57.5 Å². The maximum atomic E-state index is 14.3. The molecule has 224 valence electrons. The quantitative estimate of drug-likeness (QED) is 0.403. The van der Waals surface area contributed by atoms with Gasteiger partial charge in [0.15, 0.2) is 5.69 Å². The monoisotopic (exact) mass is 579 g/mol. The third-order valence-electron chi connectivity index (χ3n) is 8.75. The van der Waals surface area contributed by atoms with Gasteiger partial charge in [-0.3, -0.25) is 4.79 Å². The van der Waals surface area contributed by atoms with Gasteiger partial charge in [-0.05, 0) is 43.4 Å². The molecule has 10 heteroatoms. The van der Waals surface area contributed by atoms with Crippen molar-refractivity contribution in [2.24, 2.45) is 11.1 Å². The minimum atomic E-state index is -0.916. The first-order valence-electron chi connectivity index (χ1n) is 14.6. The van der Waals surface area contributed by atoms with Gasteiger partial charge in [0.05, 0.1) is 18.1 Å². The molecular formula is C32H39F2N5O3. The van der Waals surface area contributed by atoms with Crippen molar-refractivity contribution in [1.82, 2.24) is 19.8 Å². The van der Waals surface area contributed by atoms with Crippen molar-refractivity contribution in [2.75, 3.05) is 19.6 Å². The molecule has 1 aliphatic heterocycles. The number of rotatable bonds is 6. The normalized spacial score (nSPS) is 23.0. The summed E-state index contributed by atoms with van der Waals surface area (Å²) in [6, 6.07) is 12.4. The van der Waals surface area contributed by atoms with Gasteiger partial charge in [0.25, 0.3) is 5.91 Å². The van der Waals surface area contributed by atoms with Crippen molar-refractivity contribution in [1.29, 1.82) is 0 Å². The predicted molar refractivity (Wildman–Crippen MR) is 156 cm³/mol. The average Bonchev–Trinajstić information content (AvgIpc) is 3.37. The van der Waals surface area contributed by atoms with E-state index in [1.807, 2.05) is 55.7 Å². The molecule has 1 aromatic heterocycles. The van der Waals surface area contributed by atoms with Crippen LogP contribution in [0.2, 0.25) is 0 Å². The largest absolute Gasteiger partial charge is 0.440 e. The summed E-state index contributed by atoms with van der Waals surface area (Å²) in [7, 11) is 0. The number of amides is 2. The van der Waals surface area contributed by atoms with Gasteiger partial charge in [-0.25, -0.2) is 18.6 Å². The zero-order valence-electron chi connectivity index (χ0n) is 24.4. The van der Waals surface area contributed by atoms with Gasteiger partial charge in [-0.15, -0.1) is 0 Å². The van der Waals surface area contributed by atoms with E-state index in [9.17, 15) is 18.4 Å². The fourth-order valence-electron chi connectivity index (χ4n) is 6.80. The SMILES string of the molecule is CC(C)(C)[C@@]1(OC(N)=O)CCCC[C@@H]1n1cnc(C(=O)N2CCNCC2Cc2cc(F)cc(F)c2)c1-c1ccccc1. The van der Waals surface area contributed by atoms with Crippen molar-refractivity contribution in [2.45, 2.75) is 70.6 Å². The summed E-state index contributed by atoms with van der Waals surface area (Å²) < 4.78 is 35.9. The van der Waals surface area contributed by atoms with Crippen LogP contribution in [0, 0.1) is 17.0 Å². The van der Waals surface area contributed by atoms with Gasteiger partial charge in [0.1, 0.15) is 17.2 Å². The molecule has 1 aliphatic carbocycles. The molecule has 0 radical (unpaired) electrons. The van der Waals surface area contributed by atoms with E-state index in [-0.39, 0.29) is 30.1 Å². The van der Waals surface area contributed by atoms with Crippen molar-refractivity contribution < 1.29 is 23.1 Å². The van der Waals surface area contributed by atoms with E-state index in [1.165, 1.54) is 12.1 Å². The Labute approximate surface area is 245 Å². The summed E-state index contributed by atoms with van der Waals surface area (Å²) in [5.74, 6) is -1.56. The Kier molecular flexibility index (Phi) is 8.37. The number of carbonyl (C=O) groups is 2. The molecule has 1 saturated heterocycles. The lowest BCUT2D eigenvalue weighted by Crippen LogP contribution is -2.55. The Morgan fingerprint density at radius 2 is 1.83 bits per heavy atom. The number of nitrogens with two attached hydrogens (primary N) is 1. The Hall–Kier alpha value is -3.79. The molecule has 0 bridgehead atoms. The first-order chi connectivity index (χ1) is 20.0. The Balaban J connectivity index is 1.58. The minimum Gasteiger partial charge on any atom is -0.440 e. The number of primary amides is 1. The number of imidazole rings is 1. The molecule has 2 fully saturated rings. The van der Waals surface area contributed by atoms with E-state index in [0.29, 0.717) is 37.3 Å². The lowest BCUT2D eigenvalue weighted by Gasteiger charge is -2.51. The Morgan fingerprint density at radius 3 is 2.50 bits per heavy atom. The molecule has 2 aromatic carbocycles. The molecule has 1 unspecified atom stereocenters. The standard InChI is InChI=1S/C32H39F2N5O3/c1-31(2,3)32(42-30(35)41)12-8-7-11-26(32)39-20-37-27(28(39)22-9-5-4-6-10-22)29(40)38-14-13-36-19-25(38)17-21-15-23(33)18-24(34)16-21/h4-6,9-10,15-16,18,20,25-26,36H,7-8,11-14,17,19H2,1-3H3,(H2,35,41)/t25?,26-,32+/m0/s1. The van der Waals surface area contributed by atoms with E-state index >= 15 is 0 Å². The fraction of sp³-hybridized carbons (Fsp3) is 0.469. The summed E-state index contributed by atoms with van der Waals surface area (Å²) in [4.78, 5) is 33.0. The van der Waals surface area contributed by atoms with E-state index in [1.54, 1.807) is 11.2 Å². The summed E-state index contributed by atoms with van der Waals surface area (Å²) >= 11 is 0. The van der Waals surface area contributed by atoms with Crippen LogP contribution in [0.15, 0.2) is 54.9 Å². The van der Waals surface area contributed by atoms with E-state index in [4.69, 9.17) is 15.5 Å². The van der Waals surface area contributed by atoms with E-state index < -0.39 is 28.7 Å². The molecule has 8 nitrogen and oxygen atoms in total. The molecule has 2 amide bonds. The van der Waals surface area contributed by atoms with E-state index in [2.05, 4.69) is 5.32 Å².